The first-order chi connectivity index (χ1) is 8.98. The zero-order valence-electron chi connectivity index (χ0n) is 12.8. The smallest absolute Gasteiger partial charge is 0.0335 e. The molecule has 2 heteroatoms. The molecule has 1 heterocycles. The van der Waals surface area contributed by atoms with Gasteiger partial charge in [-0.3, -0.25) is 0 Å². The summed E-state index contributed by atoms with van der Waals surface area (Å²) in [6.45, 7) is 12.5. The van der Waals surface area contributed by atoms with E-state index in [1.54, 1.807) is 0 Å². The predicted molar refractivity (Wildman–Crippen MR) is 82.1 cm³/mol. The van der Waals surface area contributed by atoms with E-state index in [1.165, 1.54) is 17.5 Å². The van der Waals surface area contributed by atoms with Gasteiger partial charge < -0.3 is 10.6 Å². The second-order valence-corrected chi connectivity index (χ2v) is 6.89. The fourth-order valence-electron chi connectivity index (χ4n) is 2.50. The van der Waals surface area contributed by atoms with E-state index in [4.69, 9.17) is 0 Å². The van der Waals surface area contributed by atoms with Crippen LogP contribution in [-0.4, -0.2) is 13.1 Å². The minimum atomic E-state index is 0.371. The van der Waals surface area contributed by atoms with Gasteiger partial charge in [0.05, 0.1) is 0 Å². The van der Waals surface area contributed by atoms with Crippen molar-refractivity contribution in [3.05, 3.63) is 35.4 Å². The molecule has 19 heavy (non-hydrogen) atoms. The maximum absolute atomic E-state index is 3.78. The van der Waals surface area contributed by atoms with Crippen LogP contribution in [0.1, 0.15) is 51.3 Å². The highest BCUT2D eigenvalue weighted by Gasteiger charge is 2.22. The molecule has 2 unspecified atom stereocenters. The van der Waals surface area contributed by atoms with Gasteiger partial charge in [0.25, 0.3) is 0 Å². The first kappa shape index (κ1) is 14.5. The fourth-order valence-corrected chi connectivity index (χ4v) is 2.50. The van der Waals surface area contributed by atoms with Gasteiger partial charge in [0, 0.05) is 12.6 Å². The summed E-state index contributed by atoms with van der Waals surface area (Å²) in [6, 6.07) is 9.32. The maximum atomic E-state index is 3.78. The van der Waals surface area contributed by atoms with E-state index in [0.29, 0.717) is 17.4 Å². The lowest BCUT2D eigenvalue weighted by Crippen LogP contribution is -2.32. The van der Waals surface area contributed by atoms with Crippen molar-refractivity contribution in [3.8, 4) is 0 Å². The molecule has 106 valence electrons. The van der Waals surface area contributed by atoms with Crippen LogP contribution in [0.15, 0.2) is 24.3 Å². The lowest BCUT2D eigenvalue weighted by atomic mass is 9.82. The van der Waals surface area contributed by atoms with E-state index in [9.17, 15) is 0 Å². The molecule has 0 fully saturated rings. The van der Waals surface area contributed by atoms with Gasteiger partial charge in [0.1, 0.15) is 0 Å². The first-order valence-electron chi connectivity index (χ1n) is 7.50. The summed E-state index contributed by atoms with van der Waals surface area (Å²) in [5.41, 5.74) is 3.30. The van der Waals surface area contributed by atoms with Gasteiger partial charge in [0.15, 0.2) is 0 Å². The van der Waals surface area contributed by atoms with Gasteiger partial charge in [-0.1, -0.05) is 52.0 Å². The van der Waals surface area contributed by atoms with Gasteiger partial charge in [0.2, 0.25) is 0 Å². The highest BCUT2D eigenvalue weighted by atomic mass is 14.9. The van der Waals surface area contributed by atoms with E-state index < -0.39 is 0 Å². The Morgan fingerprint density at radius 3 is 2.79 bits per heavy atom. The molecule has 1 aromatic carbocycles. The van der Waals surface area contributed by atoms with Crippen molar-refractivity contribution in [2.75, 3.05) is 13.1 Å². The molecule has 1 aromatic rings. The summed E-state index contributed by atoms with van der Waals surface area (Å²) in [4.78, 5) is 0. The van der Waals surface area contributed by atoms with Gasteiger partial charge in [-0.25, -0.2) is 0 Å². The minimum Gasteiger partial charge on any atom is -0.313 e. The zero-order chi connectivity index (χ0) is 13.9. The largest absolute Gasteiger partial charge is 0.313 e. The van der Waals surface area contributed by atoms with E-state index in [-0.39, 0.29) is 0 Å². The van der Waals surface area contributed by atoms with Crippen molar-refractivity contribution < 1.29 is 0 Å². The number of nitrogens with one attached hydrogen (secondary N) is 2. The number of benzene rings is 1. The normalized spacial score (nSPS) is 21.6. The third-order valence-electron chi connectivity index (χ3n) is 4.50. The molecule has 2 rings (SSSR count). The average molecular weight is 260 g/mol. The van der Waals surface area contributed by atoms with Crippen LogP contribution < -0.4 is 10.6 Å². The lowest BCUT2D eigenvalue weighted by molar-refractivity contribution is 0.244. The summed E-state index contributed by atoms with van der Waals surface area (Å²) in [6.07, 6.45) is 1.17. The van der Waals surface area contributed by atoms with Gasteiger partial charge in [-0.05, 0) is 42.0 Å². The molecule has 1 aliphatic rings. The number of hydrogen-bond donors (Lipinski definition) is 2. The van der Waals surface area contributed by atoms with Crippen LogP contribution in [-0.2, 0) is 6.54 Å². The topological polar surface area (TPSA) is 24.1 Å². The molecule has 2 N–H and O–H groups in total. The summed E-state index contributed by atoms with van der Waals surface area (Å²) in [7, 11) is 0. The van der Waals surface area contributed by atoms with Crippen molar-refractivity contribution in [3.63, 3.8) is 0 Å². The van der Waals surface area contributed by atoms with E-state index in [0.717, 1.165) is 19.6 Å². The molecule has 0 radical (unpaired) electrons. The molecule has 0 aromatic heterocycles. The van der Waals surface area contributed by atoms with Crippen LogP contribution in [0.4, 0.5) is 0 Å². The Kier molecular flexibility index (Phi) is 4.64. The molecule has 2 nitrogen and oxygen atoms in total. The Bertz CT molecular complexity index is 406. The van der Waals surface area contributed by atoms with Gasteiger partial charge in [-0.15, -0.1) is 0 Å². The summed E-state index contributed by atoms with van der Waals surface area (Å²) < 4.78 is 0. The Labute approximate surface area is 118 Å². The van der Waals surface area contributed by atoms with Crippen molar-refractivity contribution in [1.29, 1.82) is 0 Å². The van der Waals surface area contributed by atoms with Crippen molar-refractivity contribution >= 4 is 0 Å². The zero-order valence-corrected chi connectivity index (χ0v) is 12.8. The summed E-state index contributed by atoms with van der Waals surface area (Å²) in [5.74, 6) is 0.677. The summed E-state index contributed by atoms with van der Waals surface area (Å²) >= 11 is 0. The molecule has 0 aliphatic carbocycles. The van der Waals surface area contributed by atoms with Gasteiger partial charge in [-0.2, -0.15) is 0 Å². The number of fused-ring (bicyclic) bond motifs is 1. The van der Waals surface area contributed by atoms with Gasteiger partial charge >= 0.3 is 0 Å². The van der Waals surface area contributed by atoms with Crippen molar-refractivity contribution in [2.24, 2.45) is 11.3 Å². The molecule has 0 amide bonds. The average Bonchev–Trinajstić information content (AvgIpc) is 2.57. The third kappa shape index (κ3) is 3.80. The SMILES string of the molecule is CC(CNC1CCNCc2ccccc21)C(C)(C)C. The van der Waals surface area contributed by atoms with E-state index in [1.807, 2.05) is 0 Å². The molecule has 2 atom stereocenters. The number of hydrogen-bond acceptors (Lipinski definition) is 2. The molecule has 1 aliphatic heterocycles. The highest BCUT2D eigenvalue weighted by molar-refractivity contribution is 5.31. The molecule has 0 spiro atoms. The van der Waals surface area contributed by atoms with Crippen LogP contribution in [0.5, 0.6) is 0 Å². The van der Waals surface area contributed by atoms with Crippen LogP contribution in [0.3, 0.4) is 0 Å². The standard InChI is InChI=1S/C17H28N2/c1-13(17(2,3)4)11-19-16-9-10-18-12-14-7-5-6-8-15(14)16/h5-8,13,16,18-19H,9-12H2,1-4H3. The second-order valence-electron chi connectivity index (χ2n) is 6.89. The molecule has 0 bridgehead atoms. The predicted octanol–water partition coefficient (Wildman–Crippen LogP) is 3.49. The Morgan fingerprint density at radius 2 is 2.05 bits per heavy atom. The minimum absolute atomic E-state index is 0.371. The molecular weight excluding hydrogens is 232 g/mol. The van der Waals surface area contributed by atoms with E-state index in [2.05, 4.69) is 62.6 Å². The first-order valence-corrected chi connectivity index (χ1v) is 7.50. The highest BCUT2D eigenvalue weighted by Crippen LogP contribution is 2.27. The van der Waals surface area contributed by atoms with Crippen LogP contribution >= 0.6 is 0 Å². The van der Waals surface area contributed by atoms with Crippen LogP contribution in [0, 0.1) is 11.3 Å². The molecular formula is C17H28N2. The summed E-state index contributed by atoms with van der Waals surface area (Å²) in [5, 5.41) is 7.30. The molecule has 0 saturated carbocycles. The molecule has 0 saturated heterocycles. The lowest BCUT2D eigenvalue weighted by Gasteiger charge is -2.30. The Hall–Kier alpha value is -0.860. The third-order valence-corrected chi connectivity index (χ3v) is 4.50. The Morgan fingerprint density at radius 1 is 1.32 bits per heavy atom. The maximum Gasteiger partial charge on any atom is 0.0335 e. The number of rotatable bonds is 3. The Balaban J connectivity index is 2.04. The monoisotopic (exact) mass is 260 g/mol. The fraction of sp³-hybridized carbons (Fsp3) is 0.647. The van der Waals surface area contributed by atoms with E-state index >= 15 is 0 Å². The van der Waals surface area contributed by atoms with Crippen molar-refractivity contribution in [2.45, 2.75) is 46.7 Å². The quantitative estimate of drug-likeness (QED) is 0.869. The van der Waals surface area contributed by atoms with Crippen molar-refractivity contribution in [1.82, 2.24) is 10.6 Å². The van der Waals surface area contributed by atoms with Crippen LogP contribution in [0.2, 0.25) is 0 Å². The second kappa shape index (κ2) is 6.06. The van der Waals surface area contributed by atoms with Crippen LogP contribution in [0.25, 0.3) is 0 Å².